The van der Waals surface area contributed by atoms with E-state index in [0.717, 1.165) is 22.3 Å². The lowest BCUT2D eigenvalue weighted by Crippen LogP contribution is -2.44. The highest BCUT2D eigenvalue weighted by molar-refractivity contribution is 6.89. The molecule has 0 fully saturated rings. The van der Waals surface area contributed by atoms with Crippen LogP contribution in [0.1, 0.15) is 11.1 Å². The fourth-order valence-electron chi connectivity index (χ4n) is 4.02. The van der Waals surface area contributed by atoms with Crippen molar-refractivity contribution < 1.29 is 19.1 Å². The molecule has 0 bridgehead atoms. The third-order valence-electron chi connectivity index (χ3n) is 5.38. The van der Waals surface area contributed by atoms with Gasteiger partial charge in [-0.25, -0.2) is 0 Å². The highest BCUT2D eigenvalue weighted by atomic mass is 28.3. The lowest BCUT2D eigenvalue weighted by Gasteiger charge is -2.24. The van der Waals surface area contributed by atoms with Gasteiger partial charge in [0.1, 0.15) is 0 Å². The summed E-state index contributed by atoms with van der Waals surface area (Å²) in [6.07, 6.45) is 0.663. The van der Waals surface area contributed by atoms with Crippen molar-refractivity contribution in [3.8, 4) is 11.1 Å². The van der Waals surface area contributed by atoms with Crippen LogP contribution in [0.25, 0.3) is 11.1 Å². The van der Waals surface area contributed by atoms with Crippen LogP contribution in [-0.2, 0) is 31.9 Å². The summed E-state index contributed by atoms with van der Waals surface area (Å²) in [5.74, 6) is -1.04. The summed E-state index contributed by atoms with van der Waals surface area (Å²) >= 11 is 0. The Hall–Kier alpha value is -2.40. The minimum atomic E-state index is -1.71. The Morgan fingerprint density at radius 2 is 1.48 bits per heavy atom. The number of benzene rings is 2. The SMILES string of the molecule is COC(=O)C1(C(=O)OC)Cc2cc(-c3ccccc3)cc([Si](C)(C)C)c2C1. The van der Waals surface area contributed by atoms with Crippen molar-refractivity contribution in [1.29, 1.82) is 0 Å². The molecule has 4 nitrogen and oxygen atoms in total. The number of ether oxygens (including phenoxy) is 2. The number of rotatable bonds is 4. The van der Waals surface area contributed by atoms with Crippen molar-refractivity contribution in [2.75, 3.05) is 14.2 Å². The molecule has 142 valence electrons. The van der Waals surface area contributed by atoms with Gasteiger partial charge in [-0.05, 0) is 35.1 Å². The van der Waals surface area contributed by atoms with E-state index in [4.69, 9.17) is 9.47 Å². The second-order valence-corrected chi connectivity index (χ2v) is 13.2. The molecule has 27 heavy (non-hydrogen) atoms. The van der Waals surface area contributed by atoms with Crippen molar-refractivity contribution in [3.05, 3.63) is 53.6 Å². The summed E-state index contributed by atoms with van der Waals surface area (Å²) in [5.41, 5.74) is 3.13. The fourth-order valence-corrected chi connectivity index (χ4v) is 5.76. The number of hydrogen-bond donors (Lipinski definition) is 0. The standard InChI is InChI=1S/C22H26O4Si/c1-25-20(23)22(21(24)26-2)13-17-11-16(15-9-7-6-8-10-15)12-19(18(17)14-22)27(3,4)5/h6-12H,13-14H2,1-5H3. The first-order chi connectivity index (χ1) is 12.7. The number of carbonyl (C=O) groups excluding carboxylic acids is 2. The Labute approximate surface area is 161 Å². The van der Waals surface area contributed by atoms with Gasteiger partial charge in [0, 0.05) is 0 Å². The zero-order valence-corrected chi connectivity index (χ0v) is 17.6. The molecule has 2 aromatic rings. The lowest BCUT2D eigenvalue weighted by atomic mass is 9.85. The van der Waals surface area contributed by atoms with Crippen molar-refractivity contribution in [2.45, 2.75) is 32.5 Å². The third kappa shape index (κ3) is 3.32. The Balaban J connectivity index is 2.20. The Morgan fingerprint density at radius 3 is 2.00 bits per heavy atom. The van der Waals surface area contributed by atoms with Gasteiger partial charge in [0.05, 0.1) is 22.3 Å². The molecule has 0 saturated heterocycles. The molecule has 0 heterocycles. The minimum Gasteiger partial charge on any atom is -0.468 e. The van der Waals surface area contributed by atoms with Crippen LogP contribution >= 0.6 is 0 Å². The summed E-state index contributed by atoms with van der Waals surface area (Å²) in [6, 6.07) is 14.5. The average molecular weight is 383 g/mol. The number of fused-ring (bicyclic) bond motifs is 1. The van der Waals surface area contributed by atoms with Crippen molar-refractivity contribution in [1.82, 2.24) is 0 Å². The average Bonchev–Trinajstić information content (AvgIpc) is 3.06. The number of methoxy groups -OCH3 is 2. The smallest absolute Gasteiger partial charge is 0.323 e. The molecule has 0 saturated carbocycles. The highest BCUT2D eigenvalue weighted by Gasteiger charge is 2.53. The summed E-state index contributed by atoms with van der Waals surface area (Å²) < 4.78 is 10.0. The lowest BCUT2D eigenvalue weighted by molar-refractivity contribution is -0.168. The first kappa shape index (κ1) is 19.4. The van der Waals surface area contributed by atoms with Gasteiger partial charge in [0.15, 0.2) is 5.41 Å². The highest BCUT2D eigenvalue weighted by Crippen LogP contribution is 2.41. The van der Waals surface area contributed by atoms with Gasteiger partial charge in [-0.3, -0.25) is 9.59 Å². The molecular formula is C22H26O4Si. The van der Waals surface area contributed by atoms with Gasteiger partial charge >= 0.3 is 11.9 Å². The van der Waals surface area contributed by atoms with E-state index in [0.29, 0.717) is 12.8 Å². The van der Waals surface area contributed by atoms with Crippen LogP contribution in [0.3, 0.4) is 0 Å². The summed E-state index contributed by atoms with van der Waals surface area (Å²) in [7, 11) is 0.937. The Morgan fingerprint density at radius 1 is 0.889 bits per heavy atom. The molecule has 0 aromatic heterocycles. The molecule has 1 aliphatic rings. The summed E-state index contributed by atoms with van der Waals surface area (Å²) in [4.78, 5) is 25.2. The van der Waals surface area contributed by atoms with Crippen LogP contribution in [0.5, 0.6) is 0 Å². The monoisotopic (exact) mass is 382 g/mol. The first-order valence-corrected chi connectivity index (χ1v) is 12.6. The molecule has 0 amide bonds. The number of hydrogen-bond acceptors (Lipinski definition) is 4. The van der Waals surface area contributed by atoms with Crippen LogP contribution in [0.15, 0.2) is 42.5 Å². The van der Waals surface area contributed by atoms with E-state index in [1.54, 1.807) is 0 Å². The predicted molar refractivity (Wildman–Crippen MR) is 109 cm³/mol. The zero-order valence-electron chi connectivity index (χ0n) is 16.6. The molecule has 5 heteroatoms. The second kappa shape index (κ2) is 6.96. The molecule has 2 aromatic carbocycles. The van der Waals surface area contributed by atoms with Crippen molar-refractivity contribution in [2.24, 2.45) is 5.41 Å². The first-order valence-electron chi connectivity index (χ1n) is 9.11. The maximum absolute atomic E-state index is 12.6. The number of carbonyl (C=O) groups is 2. The van der Waals surface area contributed by atoms with Crippen molar-refractivity contribution in [3.63, 3.8) is 0 Å². The second-order valence-electron chi connectivity index (χ2n) is 8.20. The van der Waals surface area contributed by atoms with Crippen LogP contribution in [0, 0.1) is 5.41 Å². The zero-order chi connectivity index (χ0) is 19.8. The molecule has 1 aliphatic carbocycles. The van der Waals surface area contributed by atoms with Gasteiger partial charge in [-0.1, -0.05) is 67.3 Å². The summed E-state index contributed by atoms with van der Waals surface area (Å²) in [5, 5.41) is 1.29. The number of esters is 2. The molecule has 0 radical (unpaired) electrons. The molecule has 0 atom stereocenters. The maximum atomic E-state index is 12.6. The van der Waals surface area contributed by atoms with E-state index in [1.807, 2.05) is 18.2 Å². The molecule has 0 unspecified atom stereocenters. The van der Waals surface area contributed by atoms with Crippen molar-refractivity contribution >= 4 is 25.2 Å². The van der Waals surface area contributed by atoms with Crippen LogP contribution in [-0.4, -0.2) is 34.2 Å². The van der Waals surface area contributed by atoms with E-state index in [2.05, 4.69) is 43.9 Å². The molecule has 0 N–H and O–H groups in total. The third-order valence-corrected chi connectivity index (χ3v) is 7.44. The van der Waals surface area contributed by atoms with E-state index in [9.17, 15) is 9.59 Å². The largest absolute Gasteiger partial charge is 0.468 e. The summed E-state index contributed by atoms with van der Waals surface area (Å²) in [6.45, 7) is 6.86. The fraction of sp³-hybridized carbons (Fsp3) is 0.364. The van der Waals surface area contributed by atoms with E-state index in [1.165, 1.54) is 19.4 Å². The van der Waals surface area contributed by atoms with E-state index < -0.39 is 25.4 Å². The topological polar surface area (TPSA) is 52.6 Å². The molecule has 3 rings (SSSR count). The Kier molecular flexibility index (Phi) is 4.99. The van der Waals surface area contributed by atoms with Crippen LogP contribution in [0.2, 0.25) is 19.6 Å². The minimum absolute atomic E-state index is 0.319. The Bertz CT molecular complexity index is 865. The van der Waals surface area contributed by atoms with E-state index >= 15 is 0 Å². The van der Waals surface area contributed by atoms with Gasteiger partial charge < -0.3 is 9.47 Å². The normalized spacial score (nSPS) is 15.1. The quantitative estimate of drug-likeness (QED) is 0.462. The van der Waals surface area contributed by atoms with Crippen LogP contribution in [0.4, 0.5) is 0 Å². The predicted octanol–water partition coefficient (Wildman–Crippen LogP) is 3.33. The molecule has 0 spiro atoms. The van der Waals surface area contributed by atoms with Crippen LogP contribution < -0.4 is 5.19 Å². The molecular weight excluding hydrogens is 356 g/mol. The van der Waals surface area contributed by atoms with Gasteiger partial charge in [0.2, 0.25) is 0 Å². The van der Waals surface area contributed by atoms with E-state index in [-0.39, 0.29) is 0 Å². The van der Waals surface area contributed by atoms with Gasteiger partial charge in [-0.15, -0.1) is 0 Å². The van der Waals surface area contributed by atoms with Gasteiger partial charge in [-0.2, -0.15) is 0 Å². The molecule has 0 aliphatic heterocycles. The van der Waals surface area contributed by atoms with Gasteiger partial charge in [0.25, 0.3) is 0 Å². The maximum Gasteiger partial charge on any atom is 0.323 e.